The van der Waals surface area contributed by atoms with E-state index in [0.717, 1.165) is 16.7 Å². The SMILES string of the molecule is Cc1cccc(C)c1NC(=O)C(=O)N/N=C\c1cc(Cl)ccc1OCC(=O)NCc1ccccc1. The molecular weight excluding hydrogens is 468 g/mol. The molecule has 0 aliphatic carbocycles. The quantitative estimate of drug-likeness (QED) is 0.253. The predicted molar refractivity (Wildman–Crippen MR) is 136 cm³/mol. The number of amides is 3. The Balaban J connectivity index is 1.56. The Hall–Kier alpha value is -4.17. The van der Waals surface area contributed by atoms with Crippen molar-refractivity contribution in [3.8, 4) is 5.75 Å². The van der Waals surface area contributed by atoms with Gasteiger partial charge >= 0.3 is 11.8 Å². The van der Waals surface area contributed by atoms with E-state index in [4.69, 9.17) is 16.3 Å². The van der Waals surface area contributed by atoms with E-state index in [-0.39, 0.29) is 12.5 Å². The number of carbonyl (C=O) groups excluding carboxylic acids is 3. The van der Waals surface area contributed by atoms with Gasteiger partial charge in [-0.05, 0) is 48.7 Å². The number of hydrogen-bond donors (Lipinski definition) is 3. The molecule has 8 nitrogen and oxygen atoms in total. The average molecular weight is 493 g/mol. The molecule has 3 amide bonds. The minimum absolute atomic E-state index is 0.222. The van der Waals surface area contributed by atoms with Crippen molar-refractivity contribution in [3.63, 3.8) is 0 Å². The van der Waals surface area contributed by atoms with Gasteiger partial charge in [0.1, 0.15) is 5.75 Å². The molecule has 0 fully saturated rings. The van der Waals surface area contributed by atoms with Crippen molar-refractivity contribution >= 4 is 41.2 Å². The summed E-state index contributed by atoms with van der Waals surface area (Å²) in [7, 11) is 0. The molecule has 3 N–H and O–H groups in total. The molecule has 9 heteroatoms. The van der Waals surface area contributed by atoms with E-state index >= 15 is 0 Å². The second-order valence-electron chi connectivity index (χ2n) is 7.65. The fourth-order valence-electron chi connectivity index (χ4n) is 3.14. The molecule has 0 radical (unpaired) electrons. The van der Waals surface area contributed by atoms with Gasteiger partial charge in [-0.2, -0.15) is 5.10 Å². The fraction of sp³-hybridized carbons (Fsp3) is 0.154. The first-order valence-electron chi connectivity index (χ1n) is 10.8. The summed E-state index contributed by atoms with van der Waals surface area (Å²) in [5, 5.41) is 9.60. The first-order chi connectivity index (χ1) is 16.8. The summed E-state index contributed by atoms with van der Waals surface area (Å²) in [6.07, 6.45) is 1.29. The van der Waals surface area contributed by atoms with Gasteiger partial charge in [-0.25, -0.2) is 5.43 Å². The molecule has 0 aliphatic heterocycles. The van der Waals surface area contributed by atoms with E-state index in [9.17, 15) is 14.4 Å². The van der Waals surface area contributed by atoms with Gasteiger partial charge in [0.15, 0.2) is 6.61 Å². The van der Waals surface area contributed by atoms with E-state index in [1.807, 2.05) is 62.4 Å². The van der Waals surface area contributed by atoms with Crippen LogP contribution in [0.3, 0.4) is 0 Å². The largest absolute Gasteiger partial charge is 0.483 e. The zero-order chi connectivity index (χ0) is 25.2. The van der Waals surface area contributed by atoms with Gasteiger partial charge in [0, 0.05) is 22.8 Å². The number of carbonyl (C=O) groups is 3. The van der Waals surface area contributed by atoms with Crippen LogP contribution in [0, 0.1) is 13.8 Å². The summed E-state index contributed by atoms with van der Waals surface area (Å²) in [4.78, 5) is 36.6. The third-order valence-electron chi connectivity index (χ3n) is 4.96. The zero-order valence-corrected chi connectivity index (χ0v) is 20.1. The second kappa shape index (κ2) is 12.3. The van der Waals surface area contributed by atoms with E-state index < -0.39 is 11.8 Å². The molecule has 180 valence electrons. The maximum atomic E-state index is 12.2. The van der Waals surface area contributed by atoms with Crippen LogP contribution in [-0.2, 0) is 20.9 Å². The Morgan fingerprint density at radius 1 is 0.943 bits per heavy atom. The molecule has 0 bridgehead atoms. The normalized spacial score (nSPS) is 10.6. The molecular formula is C26H25ClN4O4. The first-order valence-corrected chi connectivity index (χ1v) is 11.1. The Kier molecular flexibility index (Phi) is 8.97. The minimum atomic E-state index is -0.936. The number of aryl methyl sites for hydroxylation is 2. The van der Waals surface area contributed by atoms with Crippen molar-refractivity contribution in [2.24, 2.45) is 5.10 Å². The van der Waals surface area contributed by atoms with Crippen LogP contribution in [0.5, 0.6) is 5.75 Å². The highest BCUT2D eigenvalue weighted by Crippen LogP contribution is 2.21. The number of nitrogens with one attached hydrogen (secondary N) is 3. The third-order valence-corrected chi connectivity index (χ3v) is 5.19. The standard InChI is InChI=1S/C26H25ClN4O4/c1-17-7-6-8-18(2)24(17)30-25(33)26(34)31-29-15-20-13-21(27)11-12-22(20)35-16-23(32)28-14-19-9-4-3-5-10-19/h3-13,15H,14,16H2,1-2H3,(H,28,32)(H,30,33)(H,31,34)/b29-15-. The topological polar surface area (TPSA) is 109 Å². The van der Waals surface area contributed by atoms with Crippen LogP contribution in [0.2, 0.25) is 5.02 Å². The monoisotopic (exact) mass is 492 g/mol. The highest BCUT2D eigenvalue weighted by Gasteiger charge is 2.15. The second-order valence-corrected chi connectivity index (χ2v) is 8.09. The lowest BCUT2D eigenvalue weighted by Gasteiger charge is -2.11. The number of rotatable bonds is 8. The molecule has 0 aromatic heterocycles. The van der Waals surface area contributed by atoms with Crippen molar-refractivity contribution in [2.75, 3.05) is 11.9 Å². The number of halogens is 1. The number of nitrogens with zero attached hydrogens (tertiary/aromatic N) is 1. The summed E-state index contributed by atoms with van der Waals surface area (Å²) < 4.78 is 5.60. The van der Waals surface area contributed by atoms with Gasteiger partial charge < -0.3 is 15.4 Å². The van der Waals surface area contributed by atoms with Crippen molar-refractivity contribution in [2.45, 2.75) is 20.4 Å². The van der Waals surface area contributed by atoms with Gasteiger partial charge in [0.05, 0.1) is 6.21 Å². The van der Waals surface area contributed by atoms with Crippen molar-refractivity contribution in [1.82, 2.24) is 10.7 Å². The lowest BCUT2D eigenvalue weighted by molar-refractivity contribution is -0.136. The average Bonchev–Trinajstić information content (AvgIpc) is 2.85. The van der Waals surface area contributed by atoms with Crippen LogP contribution in [-0.4, -0.2) is 30.5 Å². The maximum Gasteiger partial charge on any atom is 0.329 e. The molecule has 0 unspecified atom stereocenters. The van der Waals surface area contributed by atoms with E-state index in [1.165, 1.54) is 6.21 Å². The number of benzene rings is 3. The molecule has 0 atom stereocenters. The van der Waals surface area contributed by atoms with Crippen LogP contribution >= 0.6 is 11.6 Å². The van der Waals surface area contributed by atoms with Crippen LogP contribution < -0.4 is 20.8 Å². The van der Waals surface area contributed by atoms with Crippen molar-refractivity contribution in [1.29, 1.82) is 0 Å². The van der Waals surface area contributed by atoms with Crippen molar-refractivity contribution < 1.29 is 19.1 Å². The molecule has 0 aliphatic rings. The van der Waals surface area contributed by atoms with Gasteiger partial charge in [0.2, 0.25) is 0 Å². The summed E-state index contributed by atoms with van der Waals surface area (Å²) >= 11 is 6.06. The fourth-order valence-corrected chi connectivity index (χ4v) is 3.32. The summed E-state index contributed by atoms with van der Waals surface area (Å²) in [6, 6.07) is 19.8. The smallest absolute Gasteiger partial charge is 0.329 e. The summed E-state index contributed by atoms with van der Waals surface area (Å²) in [5.74, 6) is -1.75. The van der Waals surface area contributed by atoms with Crippen LogP contribution in [0.25, 0.3) is 0 Å². The zero-order valence-electron chi connectivity index (χ0n) is 19.3. The van der Waals surface area contributed by atoms with Gasteiger partial charge in [0.25, 0.3) is 5.91 Å². The minimum Gasteiger partial charge on any atom is -0.483 e. The Labute approximate surface area is 208 Å². The number of anilines is 1. The Bertz CT molecular complexity index is 1230. The lowest BCUT2D eigenvalue weighted by atomic mass is 10.1. The van der Waals surface area contributed by atoms with Gasteiger partial charge in [-0.15, -0.1) is 0 Å². The number of para-hydroxylation sites is 1. The third kappa shape index (κ3) is 7.68. The molecule has 0 saturated carbocycles. The lowest BCUT2D eigenvalue weighted by Crippen LogP contribution is -2.32. The first kappa shape index (κ1) is 25.5. The van der Waals surface area contributed by atoms with Crippen LogP contribution in [0.4, 0.5) is 5.69 Å². The number of hydrazone groups is 1. The predicted octanol–water partition coefficient (Wildman–Crippen LogP) is 3.74. The van der Waals surface area contributed by atoms with E-state index in [1.54, 1.807) is 18.2 Å². The molecule has 3 aromatic rings. The Morgan fingerprint density at radius 2 is 1.66 bits per heavy atom. The van der Waals surface area contributed by atoms with Gasteiger partial charge in [-0.3, -0.25) is 14.4 Å². The summed E-state index contributed by atoms with van der Waals surface area (Å²) in [6.45, 7) is 3.83. The molecule has 0 saturated heterocycles. The number of ether oxygens (including phenoxy) is 1. The van der Waals surface area contributed by atoms with Crippen molar-refractivity contribution in [3.05, 3.63) is 94.0 Å². The van der Waals surface area contributed by atoms with E-state index in [0.29, 0.717) is 28.6 Å². The Morgan fingerprint density at radius 3 is 2.37 bits per heavy atom. The molecule has 0 spiro atoms. The molecule has 3 aromatic carbocycles. The molecule has 0 heterocycles. The maximum absolute atomic E-state index is 12.2. The highest BCUT2D eigenvalue weighted by atomic mass is 35.5. The van der Waals surface area contributed by atoms with Gasteiger partial charge in [-0.1, -0.05) is 60.1 Å². The highest BCUT2D eigenvalue weighted by molar-refractivity contribution is 6.39. The molecule has 3 rings (SSSR count). The summed E-state index contributed by atoms with van der Waals surface area (Å²) in [5.41, 5.74) is 5.82. The van der Waals surface area contributed by atoms with E-state index in [2.05, 4.69) is 21.2 Å². The molecule has 35 heavy (non-hydrogen) atoms. The number of hydrogen-bond acceptors (Lipinski definition) is 5. The van der Waals surface area contributed by atoms with Crippen LogP contribution in [0.15, 0.2) is 71.8 Å². The van der Waals surface area contributed by atoms with Crippen LogP contribution in [0.1, 0.15) is 22.3 Å².